The third-order valence-corrected chi connectivity index (χ3v) is 5.13. The molecule has 3 nitrogen and oxygen atoms in total. The predicted octanol–water partition coefficient (Wildman–Crippen LogP) is 6.83. The Morgan fingerprint density at radius 3 is 2.04 bits per heavy atom. The second-order valence-electron chi connectivity index (χ2n) is 7.31. The number of benzene rings is 1. The summed E-state index contributed by atoms with van der Waals surface area (Å²) in [7, 11) is 0. The molecule has 0 aliphatic heterocycles. The lowest BCUT2D eigenvalue weighted by Crippen LogP contribution is -1.96. The van der Waals surface area contributed by atoms with Gasteiger partial charge in [0.2, 0.25) is 0 Å². The standard InChI is InChI=1S/C23H31ClO3/c1-15(2)8-6-9-16(3)10-7-11-17(4)12-13-19-22(26)20(14-25)18(5)21(24)23(19)27/h8,10,12,14,26-27H,6-7,9,11,13H2,1-5H3. The monoisotopic (exact) mass is 390 g/mol. The van der Waals surface area contributed by atoms with Gasteiger partial charge in [0.15, 0.2) is 6.29 Å². The molecule has 0 spiro atoms. The molecule has 148 valence electrons. The Bertz CT molecular complexity index is 767. The van der Waals surface area contributed by atoms with Crippen molar-refractivity contribution in [1.82, 2.24) is 0 Å². The fourth-order valence-electron chi connectivity index (χ4n) is 2.83. The first-order chi connectivity index (χ1) is 12.7. The highest BCUT2D eigenvalue weighted by atomic mass is 35.5. The first-order valence-electron chi connectivity index (χ1n) is 9.31. The zero-order chi connectivity index (χ0) is 20.6. The highest BCUT2D eigenvalue weighted by Gasteiger charge is 2.19. The molecule has 1 rings (SSSR count). The molecule has 0 unspecified atom stereocenters. The van der Waals surface area contributed by atoms with Crippen LogP contribution in [0.25, 0.3) is 0 Å². The van der Waals surface area contributed by atoms with Gasteiger partial charge in [0.25, 0.3) is 0 Å². The lowest BCUT2D eigenvalue weighted by molar-refractivity contribution is 0.112. The summed E-state index contributed by atoms with van der Waals surface area (Å²) in [5.74, 6) is -0.347. The number of hydrogen-bond donors (Lipinski definition) is 2. The van der Waals surface area contributed by atoms with Gasteiger partial charge >= 0.3 is 0 Å². The molecule has 0 amide bonds. The molecular formula is C23H31ClO3. The van der Waals surface area contributed by atoms with Crippen molar-refractivity contribution in [2.45, 2.75) is 66.7 Å². The van der Waals surface area contributed by atoms with Gasteiger partial charge in [-0.3, -0.25) is 4.79 Å². The predicted molar refractivity (Wildman–Crippen MR) is 114 cm³/mol. The van der Waals surface area contributed by atoms with Crippen molar-refractivity contribution in [1.29, 1.82) is 0 Å². The first-order valence-corrected chi connectivity index (χ1v) is 9.69. The van der Waals surface area contributed by atoms with Crippen molar-refractivity contribution >= 4 is 17.9 Å². The average Bonchev–Trinajstić information content (AvgIpc) is 2.60. The lowest BCUT2D eigenvalue weighted by Gasteiger charge is -2.13. The molecule has 0 saturated heterocycles. The number of aldehydes is 1. The van der Waals surface area contributed by atoms with E-state index in [0.717, 1.165) is 31.3 Å². The Hall–Kier alpha value is -2.00. The number of rotatable bonds is 9. The third kappa shape index (κ3) is 6.91. The highest BCUT2D eigenvalue weighted by molar-refractivity contribution is 6.33. The number of aromatic hydroxyl groups is 2. The van der Waals surface area contributed by atoms with Crippen LogP contribution in [0.3, 0.4) is 0 Å². The summed E-state index contributed by atoms with van der Waals surface area (Å²) in [6, 6.07) is 0. The van der Waals surface area contributed by atoms with Crippen LogP contribution in [-0.2, 0) is 6.42 Å². The van der Waals surface area contributed by atoms with E-state index in [1.54, 1.807) is 6.92 Å². The zero-order valence-electron chi connectivity index (χ0n) is 17.0. The molecule has 0 aliphatic rings. The summed E-state index contributed by atoms with van der Waals surface area (Å²) < 4.78 is 0. The van der Waals surface area contributed by atoms with E-state index in [4.69, 9.17) is 11.6 Å². The molecule has 0 bridgehead atoms. The van der Waals surface area contributed by atoms with Crippen molar-refractivity contribution in [3.8, 4) is 11.5 Å². The van der Waals surface area contributed by atoms with Crippen LogP contribution >= 0.6 is 11.6 Å². The fraction of sp³-hybridized carbons (Fsp3) is 0.435. The van der Waals surface area contributed by atoms with Crippen molar-refractivity contribution in [3.05, 3.63) is 56.7 Å². The molecule has 0 aromatic heterocycles. The minimum Gasteiger partial charge on any atom is -0.507 e. The van der Waals surface area contributed by atoms with Crippen LogP contribution in [0.5, 0.6) is 11.5 Å². The van der Waals surface area contributed by atoms with E-state index >= 15 is 0 Å². The second kappa shape index (κ2) is 11.0. The van der Waals surface area contributed by atoms with Gasteiger partial charge in [0.1, 0.15) is 11.5 Å². The summed E-state index contributed by atoms with van der Waals surface area (Å²) in [6.45, 7) is 10.0. The molecule has 0 radical (unpaired) electrons. The summed E-state index contributed by atoms with van der Waals surface area (Å²) in [4.78, 5) is 11.2. The molecule has 1 aromatic rings. The van der Waals surface area contributed by atoms with Crippen LogP contribution in [0.1, 0.15) is 74.9 Å². The summed E-state index contributed by atoms with van der Waals surface area (Å²) in [6.07, 6.45) is 11.4. The quantitative estimate of drug-likeness (QED) is 0.358. The number of allylic oxidation sites excluding steroid dienone is 6. The lowest BCUT2D eigenvalue weighted by atomic mass is 9.99. The van der Waals surface area contributed by atoms with E-state index < -0.39 is 0 Å². The Labute approximate surface area is 168 Å². The summed E-state index contributed by atoms with van der Waals surface area (Å²) in [5, 5.41) is 20.6. The molecular weight excluding hydrogens is 360 g/mol. The topological polar surface area (TPSA) is 57.5 Å². The van der Waals surface area contributed by atoms with E-state index in [1.807, 2.05) is 13.0 Å². The normalized spacial score (nSPS) is 12.2. The van der Waals surface area contributed by atoms with E-state index in [1.165, 1.54) is 11.1 Å². The van der Waals surface area contributed by atoms with Crippen LogP contribution in [0.2, 0.25) is 5.02 Å². The molecule has 0 saturated carbocycles. The van der Waals surface area contributed by atoms with E-state index in [0.29, 0.717) is 23.8 Å². The Balaban J connectivity index is 2.74. The number of carbonyl (C=O) groups is 1. The maximum Gasteiger partial charge on any atom is 0.154 e. The minimum absolute atomic E-state index is 0.117. The number of halogens is 1. The average molecular weight is 391 g/mol. The number of phenols is 2. The SMILES string of the molecule is CC(C)=CCCC(C)=CCCC(C)=CCc1c(O)c(Cl)c(C)c(C=O)c1O. The fourth-order valence-corrected chi connectivity index (χ4v) is 3.05. The van der Waals surface area contributed by atoms with Crippen molar-refractivity contribution in [2.75, 3.05) is 0 Å². The minimum atomic E-state index is -0.191. The van der Waals surface area contributed by atoms with E-state index in [-0.39, 0.29) is 22.1 Å². The third-order valence-electron chi connectivity index (χ3n) is 4.66. The molecule has 0 heterocycles. The van der Waals surface area contributed by atoms with Crippen molar-refractivity contribution in [2.24, 2.45) is 0 Å². The Morgan fingerprint density at radius 1 is 0.926 bits per heavy atom. The summed E-state index contributed by atoms with van der Waals surface area (Å²) >= 11 is 6.08. The van der Waals surface area contributed by atoms with Crippen LogP contribution in [0.4, 0.5) is 0 Å². The Morgan fingerprint density at radius 2 is 1.48 bits per heavy atom. The first kappa shape index (κ1) is 23.0. The van der Waals surface area contributed by atoms with Gasteiger partial charge in [-0.15, -0.1) is 0 Å². The number of phenolic OH excluding ortho intramolecular Hbond substituents is 2. The zero-order valence-corrected chi connectivity index (χ0v) is 17.8. The maximum absolute atomic E-state index is 11.2. The largest absolute Gasteiger partial charge is 0.507 e. The van der Waals surface area contributed by atoms with Gasteiger partial charge in [0, 0.05) is 5.56 Å². The van der Waals surface area contributed by atoms with Gasteiger partial charge < -0.3 is 10.2 Å². The molecule has 2 N–H and O–H groups in total. The smallest absolute Gasteiger partial charge is 0.154 e. The van der Waals surface area contributed by atoms with Gasteiger partial charge in [-0.2, -0.15) is 0 Å². The van der Waals surface area contributed by atoms with Gasteiger partial charge in [-0.1, -0.05) is 46.5 Å². The highest BCUT2D eigenvalue weighted by Crippen LogP contribution is 2.40. The van der Waals surface area contributed by atoms with E-state index in [2.05, 4.69) is 32.9 Å². The van der Waals surface area contributed by atoms with Crippen molar-refractivity contribution in [3.63, 3.8) is 0 Å². The van der Waals surface area contributed by atoms with Crippen LogP contribution < -0.4 is 0 Å². The molecule has 0 aliphatic carbocycles. The second-order valence-corrected chi connectivity index (χ2v) is 7.69. The maximum atomic E-state index is 11.2. The molecule has 27 heavy (non-hydrogen) atoms. The van der Waals surface area contributed by atoms with Crippen LogP contribution in [0, 0.1) is 6.92 Å². The van der Waals surface area contributed by atoms with Crippen LogP contribution in [-0.4, -0.2) is 16.5 Å². The van der Waals surface area contributed by atoms with Gasteiger partial charge in [-0.25, -0.2) is 0 Å². The van der Waals surface area contributed by atoms with Crippen LogP contribution in [0.15, 0.2) is 34.9 Å². The molecule has 4 heteroatoms. The summed E-state index contributed by atoms with van der Waals surface area (Å²) in [5.41, 5.74) is 4.71. The molecule has 1 aromatic carbocycles. The van der Waals surface area contributed by atoms with Crippen molar-refractivity contribution < 1.29 is 15.0 Å². The molecule has 0 atom stereocenters. The number of carbonyl (C=O) groups excluding carboxylic acids is 1. The van der Waals surface area contributed by atoms with Gasteiger partial charge in [0.05, 0.1) is 10.6 Å². The van der Waals surface area contributed by atoms with E-state index in [9.17, 15) is 15.0 Å². The van der Waals surface area contributed by atoms with Gasteiger partial charge in [-0.05, 0) is 72.3 Å². The Kier molecular flexibility index (Phi) is 9.37. The molecule has 0 fully saturated rings. The number of hydrogen-bond acceptors (Lipinski definition) is 3.